The van der Waals surface area contributed by atoms with Crippen LogP contribution in [0.3, 0.4) is 0 Å². The van der Waals surface area contributed by atoms with Crippen LogP contribution in [-0.4, -0.2) is 23.5 Å². The number of carbonyl (C=O) groups is 2. The Morgan fingerprint density at radius 1 is 1.00 bits per heavy atom. The van der Waals surface area contributed by atoms with E-state index in [1.54, 1.807) is 0 Å². The predicted molar refractivity (Wildman–Crippen MR) is 49.5 cm³/mol. The van der Waals surface area contributed by atoms with Gasteiger partial charge >= 0.3 is 12.1 Å². The third kappa shape index (κ3) is 2.73. The number of carbonyl (C=O) groups excluding carboxylic acids is 2. The number of urea groups is 2. The minimum absolute atomic E-state index is 0.581. The van der Waals surface area contributed by atoms with E-state index in [0.717, 1.165) is 0 Å². The molecule has 1 saturated carbocycles. The summed E-state index contributed by atoms with van der Waals surface area (Å²) in [4.78, 5) is 20.6. The summed E-state index contributed by atoms with van der Waals surface area (Å²) >= 11 is 0. The third-order valence-electron chi connectivity index (χ3n) is 1.53. The lowest BCUT2D eigenvalue weighted by Gasteiger charge is -2.17. The predicted octanol–water partition coefficient (Wildman–Crippen LogP) is -1.17. The highest BCUT2D eigenvalue weighted by atomic mass is 16.2. The fourth-order valence-corrected chi connectivity index (χ4v) is 0.835. The first-order valence-corrected chi connectivity index (χ1v) is 3.84. The molecule has 0 radical (unpaired) electrons. The topological polar surface area (TPSA) is 135 Å². The fourth-order valence-electron chi connectivity index (χ4n) is 0.835. The first kappa shape index (κ1) is 9.96. The highest BCUT2D eigenvalue weighted by Crippen LogP contribution is 2.11. The molecule has 8 nitrogen and oxygen atoms in total. The van der Waals surface area contributed by atoms with E-state index in [-0.39, 0.29) is 0 Å². The number of nitrogens with one attached hydrogen (secondary N) is 2. The van der Waals surface area contributed by atoms with Crippen molar-refractivity contribution in [3.8, 4) is 0 Å². The fraction of sp³-hybridized carbons (Fsp3) is 0.333. The van der Waals surface area contributed by atoms with Crippen molar-refractivity contribution in [2.45, 2.75) is 12.8 Å². The first-order valence-electron chi connectivity index (χ1n) is 3.84. The molecule has 1 aliphatic rings. The van der Waals surface area contributed by atoms with Crippen molar-refractivity contribution in [3.05, 3.63) is 0 Å². The zero-order chi connectivity index (χ0) is 10.6. The van der Waals surface area contributed by atoms with E-state index in [4.69, 9.17) is 11.5 Å². The zero-order valence-electron chi connectivity index (χ0n) is 7.28. The minimum Gasteiger partial charge on any atom is -0.350 e. The van der Waals surface area contributed by atoms with Crippen LogP contribution in [0.15, 0.2) is 10.2 Å². The Morgan fingerprint density at radius 2 is 1.36 bits per heavy atom. The summed E-state index contributed by atoms with van der Waals surface area (Å²) in [5.74, 6) is 0. The Bertz CT molecular complexity index is 288. The summed E-state index contributed by atoms with van der Waals surface area (Å²) in [5.41, 5.74) is 14.9. The summed E-state index contributed by atoms with van der Waals surface area (Å²) in [6.07, 6.45) is 1.36. The van der Waals surface area contributed by atoms with E-state index in [1.165, 1.54) is 0 Å². The van der Waals surface area contributed by atoms with Crippen LogP contribution in [0.5, 0.6) is 0 Å². The summed E-state index contributed by atoms with van der Waals surface area (Å²) in [6, 6.07) is -1.49. The van der Waals surface area contributed by atoms with Crippen molar-refractivity contribution in [1.29, 1.82) is 0 Å². The van der Waals surface area contributed by atoms with Gasteiger partial charge in [0.05, 0.1) is 11.4 Å². The van der Waals surface area contributed by atoms with Crippen LogP contribution in [0, 0.1) is 0 Å². The Hall–Kier alpha value is -2.12. The van der Waals surface area contributed by atoms with Gasteiger partial charge in [-0.05, 0) is 12.8 Å². The second-order valence-corrected chi connectivity index (χ2v) is 2.57. The van der Waals surface area contributed by atoms with Gasteiger partial charge in [0, 0.05) is 0 Å². The summed E-state index contributed by atoms with van der Waals surface area (Å²) in [6.45, 7) is 0. The molecule has 1 rings (SSSR count). The van der Waals surface area contributed by atoms with Crippen LogP contribution < -0.4 is 22.3 Å². The van der Waals surface area contributed by atoms with Crippen molar-refractivity contribution in [1.82, 2.24) is 10.9 Å². The van der Waals surface area contributed by atoms with Gasteiger partial charge in [0.25, 0.3) is 0 Å². The molecule has 8 heteroatoms. The molecule has 1 fully saturated rings. The number of nitrogens with two attached hydrogens (primary N) is 2. The molecule has 0 aliphatic heterocycles. The lowest BCUT2D eigenvalue weighted by molar-refractivity contribution is 0.248. The molecule has 14 heavy (non-hydrogen) atoms. The average Bonchev–Trinajstić information content (AvgIpc) is 2.01. The van der Waals surface area contributed by atoms with Gasteiger partial charge in [-0.15, -0.1) is 0 Å². The largest absolute Gasteiger partial charge is 0.350 e. The van der Waals surface area contributed by atoms with Crippen molar-refractivity contribution < 1.29 is 9.59 Å². The summed E-state index contributed by atoms with van der Waals surface area (Å²) in [7, 11) is 0. The van der Waals surface area contributed by atoms with Crippen LogP contribution in [0.25, 0.3) is 0 Å². The summed E-state index contributed by atoms with van der Waals surface area (Å²) in [5, 5.41) is 7.32. The highest BCUT2D eigenvalue weighted by molar-refractivity contribution is 6.48. The number of primary amides is 2. The highest BCUT2D eigenvalue weighted by Gasteiger charge is 2.20. The van der Waals surface area contributed by atoms with Crippen LogP contribution in [0.1, 0.15) is 12.8 Å². The molecule has 1 aliphatic carbocycles. The number of hydrazone groups is 2. The molecule has 0 heterocycles. The van der Waals surface area contributed by atoms with Crippen LogP contribution in [-0.2, 0) is 0 Å². The maximum Gasteiger partial charge on any atom is 0.332 e. The molecular weight excluding hydrogens is 188 g/mol. The number of rotatable bonds is 2. The lowest BCUT2D eigenvalue weighted by Crippen LogP contribution is -2.35. The molecule has 0 aromatic heterocycles. The molecule has 0 unspecified atom stereocenters. The Morgan fingerprint density at radius 3 is 1.57 bits per heavy atom. The molecule has 0 saturated heterocycles. The number of hydrogen-bond donors (Lipinski definition) is 4. The third-order valence-corrected chi connectivity index (χ3v) is 1.53. The van der Waals surface area contributed by atoms with Gasteiger partial charge in [0.1, 0.15) is 0 Å². The van der Waals surface area contributed by atoms with Gasteiger partial charge in [0.2, 0.25) is 0 Å². The molecule has 0 bridgehead atoms. The second kappa shape index (κ2) is 4.21. The van der Waals surface area contributed by atoms with Crippen LogP contribution in [0.4, 0.5) is 9.59 Å². The molecule has 0 aromatic carbocycles. The van der Waals surface area contributed by atoms with Crippen LogP contribution >= 0.6 is 0 Å². The Balaban J connectivity index is 2.49. The van der Waals surface area contributed by atoms with E-state index >= 15 is 0 Å². The maximum atomic E-state index is 10.3. The van der Waals surface area contributed by atoms with Crippen molar-refractivity contribution >= 4 is 23.5 Å². The molecule has 0 spiro atoms. The van der Waals surface area contributed by atoms with E-state index in [2.05, 4.69) is 21.1 Å². The monoisotopic (exact) mass is 198 g/mol. The van der Waals surface area contributed by atoms with E-state index in [0.29, 0.717) is 24.3 Å². The number of hydrogen-bond acceptors (Lipinski definition) is 4. The lowest BCUT2D eigenvalue weighted by atomic mass is 9.94. The van der Waals surface area contributed by atoms with Crippen LogP contribution in [0.2, 0.25) is 0 Å². The number of nitrogens with zero attached hydrogens (tertiary/aromatic N) is 2. The SMILES string of the molecule is NC(=O)N/N=C1/CC/C1=N\NC(N)=O. The van der Waals surface area contributed by atoms with E-state index in [9.17, 15) is 9.59 Å². The van der Waals surface area contributed by atoms with Gasteiger partial charge in [0.15, 0.2) is 0 Å². The summed E-state index contributed by atoms with van der Waals surface area (Å²) < 4.78 is 0. The normalized spacial score (nSPS) is 20.3. The molecule has 0 atom stereocenters. The quantitative estimate of drug-likeness (QED) is 0.416. The maximum absolute atomic E-state index is 10.3. The zero-order valence-corrected chi connectivity index (χ0v) is 7.28. The number of amides is 4. The second-order valence-electron chi connectivity index (χ2n) is 2.57. The average molecular weight is 198 g/mol. The van der Waals surface area contributed by atoms with Crippen molar-refractivity contribution in [2.75, 3.05) is 0 Å². The molecular formula is C6H10N6O2. The molecule has 6 N–H and O–H groups in total. The smallest absolute Gasteiger partial charge is 0.332 e. The van der Waals surface area contributed by atoms with E-state index in [1.807, 2.05) is 0 Å². The van der Waals surface area contributed by atoms with Gasteiger partial charge in [-0.25, -0.2) is 20.4 Å². The van der Waals surface area contributed by atoms with Gasteiger partial charge in [-0.1, -0.05) is 0 Å². The molecule has 76 valence electrons. The van der Waals surface area contributed by atoms with Gasteiger partial charge < -0.3 is 11.5 Å². The molecule has 0 aromatic rings. The van der Waals surface area contributed by atoms with Crippen molar-refractivity contribution in [2.24, 2.45) is 21.7 Å². The van der Waals surface area contributed by atoms with E-state index < -0.39 is 12.1 Å². The molecule has 4 amide bonds. The Labute approximate surface area is 79.4 Å². The van der Waals surface area contributed by atoms with Gasteiger partial charge in [-0.2, -0.15) is 10.2 Å². The van der Waals surface area contributed by atoms with Crippen molar-refractivity contribution in [3.63, 3.8) is 0 Å². The standard InChI is InChI=1S/C6H10N6O2/c7-5(13)11-9-3-1-2-4(3)10-12-6(8)14/h1-2H2,(H3,7,11,13)(H3,8,12,14)/b9-3-,10-4+. The Kier molecular flexibility index (Phi) is 3.00. The first-order chi connectivity index (χ1) is 6.59. The van der Waals surface area contributed by atoms with Gasteiger partial charge in [-0.3, -0.25) is 0 Å². The minimum atomic E-state index is -0.744.